The predicted octanol–water partition coefficient (Wildman–Crippen LogP) is 2.37. The Morgan fingerprint density at radius 2 is 1.95 bits per heavy atom. The third kappa shape index (κ3) is 3.99. The van der Waals surface area contributed by atoms with Crippen LogP contribution in [-0.4, -0.2) is 35.0 Å². The molecule has 0 spiro atoms. The van der Waals surface area contributed by atoms with Gasteiger partial charge in [-0.1, -0.05) is 30.3 Å². The van der Waals surface area contributed by atoms with Gasteiger partial charge < -0.3 is 20.5 Å². The normalized spacial score (nSPS) is 23.8. The van der Waals surface area contributed by atoms with Crippen LogP contribution in [0.1, 0.15) is 45.7 Å². The number of benzene rings is 1. The highest BCUT2D eigenvalue weighted by atomic mass is 16.5. The third-order valence-electron chi connectivity index (χ3n) is 4.07. The summed E-state index contributed by atoms with van der Waals surface area (Å²) < 4.78 is 5.97. The summed E-state index contributed by atoms with van der Waals surface area (Å²) in [5.41, 5.74) is 0.210. The standard InChI is InChI=1S/C17H26N2O3/c1-16(2)10-14(17(3,4)22-16)19-15(21)18-13(11-20)12-8-6-5-7-9-12/h5-9,13-14,20H,10-11H2,1-4H3,(H2,18,19,21)/t13-,14+/m0/s1. The van der Waals surface area contributed by atoms with E-state index in [4.69, 9.17) is 4.74 Å². The number of carbonyl (C=O) groups is 1. The van der Waals surface area contributed by atoms with Gasteiger partial charge in [-0.25, -0.2) is 4.79 Å². The largest absolute Gasteiger partial charge is 0.394 e. The molecule has 0 aromatic heterocycles. The molecule has 0 radical (unpaired) electrons. The van der Waals surface area contributed by atoms with Crippen LogP contribution < -0.4 is 10.6 Å². The first-order valence-corrected chi connectivity index (χ1v) is 7.66. The third-order valence-corrected chi connectivity index (χ3v) is 4.07. The number of aliphatic hydroxyl groups excluding tert-OH is 1. The number of ether oxygens (including phenoxy) is 1. The molecule has 0 saturated carbocycles. The van der Waals surface area contributed by atoms with E-state index in [1.807, 2.05) is 58.0 Å². The summed E-state index contributed by atoms with van der Waals surface area (Å²) in [7, 11) is 0. The summed E-state index contributed by atoms with van der Waals surface area (Å²) in [6.45, 7) is 7.86. The Balaban J connectivity index is 1.98. The molecule has 1 saturated heterocycles. The number of urea groups is 1. The van der Waals surface area contributed by atoms with E-state index in [9.17, 15) is 9.90 Å². The maximum absolute atomic E-state index is 12.3. The van der Waals surface area contributed by atoms with Crippen molar-refractivity contribution < 1.29 is 14.6 Å². The van der Waals surface area contributed by atoms with Gasteiger partial charge >= 0.3 is 6.03 Å². The first-order valence-electron chi connectivity index (χ1n) is 7.66. The van der Waals surface area contributed by atoms with Crippen LogP contribution in [0, 0.1) is 0 Å². The second kappa shape index (κ2) is 6.26. The van der Waals surface area contributed by atoms with Gasteiger partial charge in [-0.2, -0.15) is 0 Å². The van der Waals surface area contributed by atoms with Crippen LogP contribution >= 0.6 is 0 Å². The first-order chi connectivity index (χ1) is 10.2. The van der Waals surface area contributed by atoms with Gasteiger partial charge in [0, 0.05) is 0 Å². The minimum Gasteiger partial charge on any atom is -0.394 e. The van der Waals surface area contributed by atoms with Crippen molar-refractivity contribution in [3.8, 4) is 0 Å². The number of hydrogen-bond donors (Lipinski definition) is 3. The molecule has 3 N–H and O–H groups in total. The quantitative estimate of drug-likeness (QED) is 0.800. The van der Waals surface area contributed by atoms with Gasteiger partial charge in [-0.15, -0.1) is 0 Å². The molecule has 2 amide bonds. The van der Waals surface area contributed by atoms with Crippen molar-refractivity contribution >= 4 is 6.03 Å². The first kappa shape index (κ1) is 16.8. The summed E-state index contributed by atoms with van der Waals surface area (Å²) in [6.07, 6.45) is 0.753. The van der Waals surface area contributed by atoms with Crippen LogP contribution in [0.15, 0.2) is 30.3 Å². The maximum Gasteiger partial charge on any atom is 0.315 e. The van der Waals surface area contributed by atoms with E-state index in [0.29, 0.717) is 0 Å². The fourth-order valence-corrected chi connectivity index (χ4v) is 3.06. The molecule has 122 valence electrons. The fraction of sp³-hybridized carbons (Fsp3) is 0.588. The smallest absolute Gasteiger partial charge is 0.315 e. The molecule has 5 heteroatoms. The number of aliphatic hydroxyl groups is 1. The van der Waals surface area contributed by atoms with Crippen LogP contribution in [0.3, 0.4) is 0 Å². The number of nitrogens with one attached hydrogen (secondary N) is 2. The summed E-state index contributed by atoms with van der Waals surface area (Å²) >= 11 is 0. The monoisotopic (exact) mass is 306 g/mol. The molecule has 1 aliphatic heterocycles. The topological polar surface area (TPSA) is 70.6 Å². The summed E-state index contributed by atoms with van der Waals surface area (Å²) in [5.74, 6) is 0. The predicted molar refractivity (Wildman–Crippen MR) is 85.6 cm³/mol. The van der Waals surface area contributed by atoms with Crippen LogP contribution in [0.4, 0.5) is 4.79 Å². The van der Waals surface area contributed by atoms with Crippen molar-refractivity contribution in [1.82, 2.24) is 10.6 Å². The number of carbonyl (C=O) groups excluding carboxylic acids is 1. The Kier molecular flexibility index (Phi) is 4.78. The lowest BCUT2D eigenvalue weighted by Gasteiger charge is -2.28. The minimum absolute atomic E-state index is 0.0717. The highest BCUT2D eigenvalue weighted by Crippen LogP contribution is 2.37. The molecule has 1 aromatic carbocycles. The van der Waals surface area contributed by atoms with Crippen LogP contribution in [0.5, 0.6) is 0 Å². The lowest BCUT2D eigenvalue weighted by molar-refractivity contribution is -0.0690. The van der Waals surface area contributed by atoms with E-state index in [0.717, 1.165) is 12.0 Å². The average Bonchev–Trinajstić information content (AvgIpc) is 2.64. The summed E-state index contributed by atoms with van der Waals surface area (Å²) in [4.78, 5) is 12.3. The van der Waals surface area contributed by atoms with Gasteiger partial charge in [-0.3, -0.25) is 0 Å². The number of rotatable bonds is 4. The Hall–Kier alpha value is -1.59. The van der Waals surface area contributed by atoms with E-state index < -0.39 is 11.6 Å². The molecule has 22 heavy (non-hydrogen) atoms. The molecule has 0 unspecified atom stereocenters. The second-order valence-corrected chi connectivity index (χ2v) is 6.99. The van der Waals surface area contributed by atoms with E-state index in [1.54, 1.807) is 0 Å². The van der Waals surface area contributed by atoms with Crippen molar-refractivity contribution in [3.63, 3.8) is 0 Å². The lowest BCUT2D eigenvalue weighted by atomic mass is 9.94. The van der Waals surface area contributed by atoms with Gasteiger partial charge in [0.05, 0.1) is 29.9 Å². The molecule has 0 bridgehead atoms. The number of amides is 2. The Morgan fingerprint density at radius 1 is 1.32 bits per heavy atom. The van der Waals surface area contributed by atoms with Gasteiger partial charge in [0.15, 0.2) is 0 Å². The van der Waals surface area contributed by atoms with Crippen molar-refractivity contribution in [1.29, 1.82) is 0 Å². The van der Waals surface area contributed by atoms with Gasteiger partial charge in [0.25, 0.3) is 0 Å². The molecule has 1 aliphatic rings. The number of hydrogen-bond acceptors (Lipinski definition) is 3. The molecule has 1 heterocycles. The molecule has 1 aromatic rings. The second-order valence-electron chi connectivity index (χ2n) is 6.99. The van der Waals surface area contributed by atoms with Gasteiger partial charge in [-0.05, 0) is 39.7 Å². The molecule has 2 rings (SSSR count). The lowest BCUT2D eigenvalue weighted by Crippen LogP contribution is -2.50. The molecule has 5 nitrogen and oxygen atoms in total. The zero-order valence-electron chi connectivity index (χ0n) is 13.7. The summed E-state index contributed by atoms with van der Waals surface area (Å²) in [5, 5.41) is 15.3. The highest BCUT2D eigenvalue weighted by Gasteiger charge is 2.46. The van der Waals surface area contributed by atoms with Crippen LogP contribution in [0.2, 0.25) is 0 Å². The van der Waals surface area contributed by atoms with E-state index in [1.165, 1.54) is 0 Å². The Bertz CT molecular complexity index is 514. The molecular formula is C17H26N2O3. The van der Waals surface area contributed by atoms with Crippen molar-refractivity contribution in [3.05, 3.63) is 35.9 Å². The van der Waals surface area contributed by atoms with Crippen molar-refractivity contribution in [2.75, 3.05) is 6.61 Å². The van der Waals surface area contributed by atoms with Crippen LogP contribution in [0.25, 0.3) is 0 Å². The van der Waals surface area contributed by atoms with Crippen molar-refractivity contribution in [2.45, 2.75) is 57.4 Å². The Morgan fingerprint density at radius 3 is 2.45 bits per heavy atom. The van der Waals surface area contributed by atoms with Gasteiger partial charge in [0.1, 0.15) is 0 Å². The minimum atomic E-state index is -0.417. The zero-order valence-corrected chi connectivity index (χ0v) is 13.7. The fourth-order valence-electron chi connectivity index (χ4n) is 3.06. The van der Waals surface area contributed by atoms with E-state index in [-0.39, 0.29) is 24.3 Å². The molecular weight excluding hydrogens is 280 g/mol. The van der Waals surface area contributed by atoms with E-state index >= 15 is 0 Å². The molecule has 0 aliphatic carbocycles. The van der Waals surface area contributed by atoms with Gasteiger partial charge in [0.2, 0.25) is 0 Å². The average molecular weight is 306 g/mol. The highest BCUT2D eigenvalue weighted by molar-refractivity contribution is 5.75. The van der Waals surface area contributed by atoms with Crippen LogP contribution in [-0.2, 0) is 4.74 Å². The zero-order chi connectivity index (χ0) is 16.4. The molecule has 1 fully saturated rings. The van der Waals surface area contributed by atoms with E-state index in [2.05, 4.69) is 10.6 Å². The molecule has 2 atom stereocenters. The maximum atomic E-state index is 12.3. The van der Waals surface area contributed by atoms with Crippen molar-refractivity contribution in [2.24, 2.45) is 0 Å². The SMILES string of the molecule is CC1(C)C[C@@H](NC(=O)N[C@@H](CO)c2ccccc2)C(C)(C)O1. The summed E-state index contributed by atoms with van der Waals surface area (Å²) in [6, 6.07) is 8.65. The Labute approximate surface area is 132 Å².